The molecule has 0 aliphatic carbocycles. The summed E-state index contributed by atoms with van der Waals surface area (Å²) in [5, 5.41) is 3.06. The number of benzene rings is 2. The molecule has 28 heavy (non-hydrogen) atoms. The molecule has 0 radical (unpaired) electrons. The summed E-state index contributed by atoms with van der Waals surface area (Å²) in [6.45, 7) is 2.64. The Labute approximate surface area is 164 Å². The van der Waals surface area contributed by atoms with E-state index in [2.05, 4.69) is 16.3 Å². The summed E-state index contributed by atoms with van der Waals surface area (Å²) in [4.78, 5) is 29.5. The summed E-state index contributed by atoms with van der Waals surface area (Å²) in [7, 11) is 0. The van der Waals surface area contributed by atoms with Crippen molar-refractivity contribution in [3.05, 3.63) is 65.5 Å². The van der Waals surface area contributed by atoms with Crippen molar-refractivity contribution in [2.75, 3.05) is 31.5 Å². The molecule has 0 bridgehead atoms. The van der Waals surface area contributed by atoms with Crippen molar-refractivity contribution in [3.63, 3.8) is 0 Å². The minimum Gasteiger partial charge on any atom is -0.337 e. The van der Waals surface area contributed by atoms with Gasteiger partial charge in [0.05, 0.1) is 6.04 Å². The molecular formula is C22H24FN3O2. The lowest BCUT2D eigenvalue weighted by molar-refractivity contribution is -0.121. The van der Waals surface area contributed by atoms with Crippen LogP contribution in [0.5, 0.6) is 0 Å². The molecule has 146 valence electrons. The number of amides is 2. The Morgan fingerprint density at radius 1 is 1.00 bits per heavy atom. The Bertz CT molecular complexity index is 868. The second-order valence-corrected chi connectivity index (χ2v) is 7.39. The smallest absolute Gasteiger partial charge is 0.253 e. The van der Waals surface area contributed by atoms with E-state index in [-0.39, 0.29) is 23.7 Å². The molecule has 2 amide bonds. The average Bonchev–Trinajstić information content (AvgIpc) is 3.04. The highest BCUT2D eigenvalue weighted by atomic mass is 19.1. The van der Waals surface area contributed by atoms with Gasteiger partial charge in [-0.15, -0.1) is 0 Å². The first-order chi connectivity index (χ1) is 13.6. The third-order valence-corrected chi connectivity index (χ3v) is 5.61. The number of nitrogens with one attached hydrogen (secondary N) is 1. The average molecular weight is 381 g/mol. The van der Waals surface area contributed by atoms with Crippen LogP contribution in [0.3, 0.4) is 0 Å². The Kier molecular flexibility index (Phi) is 5.39. The van der Waals surface area contributed by atoms with E-state index in [1.807, 2.05) is 18.2 Å². The molecule has 1 N–H and O–H groups in total. The molecular weight excluding hydrogens is 357 g/mol. The van der Waals surface area contributed by atoms with Crippen LogP contribution in [0.4, 0.5) is 10.1 Å². The van der Waals surface area contributed by atoms with E-state index in [1.54, 1.807) is 4.90 Å². The number of carbonyl (C=O) groups is 2. The SMILES string of the molecule is O=C1Nc2ccccc2CCC1N1CCCN(C(=O)c2ccc(F)cc2)CC1. The van der Waals surface area contributed by atoms with Crippen LogP contribution in [0.2, 0.25) is 0 Å². The number of aryl methyl sites for hydroxylation is 1. The van der Waals surface area contributed by atoms with Crippen molar-refractivity contribution in [3.8, 4) is 0 Å². The maximum atomic E-state index is 13.1. The topological polar surface area (TPSA) is 52.7 Å². The van der Waals surface area contributed by atoms with E-state index in [1.165, 1.54) is 29.8 Å². The summed E-state index contributed by atoms with van der Waals surface area (Å²) in [6, 6.07) is 13.4. The van der Waals surface area contributed by atoms with E-state index >= 15 is 0 Å². The molecule has 2 aliphatic rings. The zero-order chi connectivity index (χ0) is 19.5. The van der Waals surface area contributed by atoms with Crippen molar-refractivity contribution < 1.29 is 14.0 Å². The minimum absolute atomic E-state index is 0.0308. The molecule has 2 aromatic rings. The van der Waals surface area contributed by atoms with Gasteiger partial charge in [-0.1, -0.05) is 18.2 Å². The van der Waals surface area contributed by atoms with Gasteiger partial charge < -0.3 is 10.2 Å². The second-order valence-electron chi connectivity index (χ2n) is 7.39. The molecule has 2 aliphatic heterocycles. The molecule has 0 aromatic heterocycles. The highest BCUT2D eigenvalue weighted by molar-refractivity contribution is 5.96. The molecule has 6 heteroatoms. The maximum Gasteiger partial charge on any atom is 0.253 e. The van der Waals surface area contributed by atoms with Crippen LogP contribution < -0.4 is 5.32 Å². The number of rotatable bonds is 2. The number of nitrogens with zero attached hydrogens (tertiary/aromatic N) is 2. The van der Waals surface area contributed by atoms with Crippen LogP contribution >= 0.6 is 0 Å². The highest BCUT2D eigenvalue weighted by Crippen LogP contribution is 2.24. The number of hydrogen-bond acceptors (Lipinski definition) is 3. The van der Waals surface area contributed by atoms with Gasteiger partial charge in [0.15, 0.2) is 0 Å². The van der Waals surface area contributed by atoms with Gasteiger partial charge in [-0.25, -0.2) is 4.39 Å². The molecule has 1 saturated heterocycles. The number of fused-ring (bicyclic) bond motifs is 1. The second kappa shape index (κ2) is 8.10. The number of anilines is 1. The van der Waals surface area contributed by atoms with Crippen LogP contribution in [0.25, 0.3) is 0 Å². The van der Waals surface area contributed by atoms with Gasteiger partial charge in [0.2, 0.25) is 5.91 Å². The lowest BCUT2D eigenvalue weighted by atomic mass is 10.0. The number of carbonyl (C=O) groups excluding carboxylic acids is 2. The quantitative estimate of drug-likeness (QED) is 0.870. The Morgan fingerprint density at radius 3 is 2.61 bits per heavy atom. The predicted molar refractivity (Wildman–Crippen MR) is 106 cm³/mol. The number of para-hydroxylation sites is 1. The summed E-state index contributed by atoms with van der Waals surface area (Å²) >= 11 is 0. The monoisotopic (exact) mass is 381 g/mol. The van der Waals surface area contributed by atoms with Crippen LogP contribution in [-0.2, 0) is 11.2 Å². The van der Waals surface area contributed by atoms with Gasteiger partial charge in [-0.3, -0.25) is 14.5 Å². The van der Waals surface area contributed by atoms with Crippen molar-refractivity contribution >= 4 is 17.5 Å². The zero-order valence-corrected chi connectivity index (χ0v) is 15.7. The fourth-order valence-electron chi connectivity index (χ4n) is 4.08. The Hall–Kier alpha value is -2.73. The summed E-state index contributed by atoms with van der Waals surface area (Å²) < 4.78 is 13.1. The van der Waals surface area contributed by atoms with Crippen molar-refractivity contribution in [1.29, 1.82) is 0 Å². The maximum absolute atomic E-state index is 13.1. The first-order valence-electron chi connectivity index (χ1n) is 9.79. The third kappa shape index (κ3) is 3.92. The molecule has 1 unspecified atom stereocenters. The summed E-state index contributed by atoms with van der Waals surface area (Å²) in [5.74, 6) is -0.401. The van der Waals surface area contributed by atoms with Crippen LogP contribution in [0.1, 0.15) is 28.8 Å². The van der Waals surface area contributed by atoms with Crippen molar-refractivity contribution in [2.45, 2.75) is 25.3 Å². The van der Waals surface area contributed by atoms with E-state index in [9.17, 15) is 14.0 Å². The molecule has 4 rings (SSSR count). The molecule has 1 atom stereocenters. The van der Waals surface area contributed by atoms with Crippen molar-refractivity contribution in [1.82, 2.24) is 9.80 Å². The molecule has 2 heterocycles. The lowest BCUT2D eigenvalue weighted by Crippen LogP contribution is -2.45. The van der Waals surface area contributed by atoms with Gasteiger partial charge in [0, 0.05) is 37.4 Å². The van der Waals surface area contributed by atoms with Crippen molar-refractivity contribution in [2.24, 2.45) is 0 Å². The Balaban J connectivity index is 1.42. The first kappa shape index (κ1) is 18.6. The third-order valence-electron chi connectivity index (χ3n) is 5.61. The summed E-state index contributed by atoms with van der Waals surface area (Å²) in [5.41, 5.74) is 2.57. The van der Waals surface area contributed by atoms with Crippen LogP contribution in [-0.4, -0.2) is 53.8 Å². The molecule has 0 spiro atoms. The van der Waals surface area contributed by atoms with Crippen LogP contribution in [0, 0.1) is 5.82 Å². The van der Waals surface area contributed by atoms with E-state index in [0.29, 0.717) is 25.2 Å². The predicted octanol–water partition coefficient (Wildman–Crippen LogP) is 2.93. The zero-order valence-electron chi connectivity index (χ0n) is 15.7. The number of halogens is 1. The Morgan fingerprint density at radius 2 is 1.79 bits per heavy atom. The standard InChI is InChI=1S/C22H24FN3O2/c23-18-9-6-17(7-10-18)22(28)26-13-3-12-25(14-15-26)20-11-8-16-4-1-2-5-19(16)24-21(20)27/h1-2,4-7,9-10,20H,3,8,11-15H2,(H,24,27). The molecule has 2 aromatic carbocycles. The van der Waals surface area contributed by atoms with Gasteiger partial charge in [0.25, 0.3) is 5.91 Å². The minimum atomic E-state index is -0.348. The van der Waals surface area contributed by atoms with Gasteiger partial charge in [-0.05, 0) is 55.2 Å². The molecule has 5 nitrogen and oxygen atoms in total. The van der Waals surface area contributed by atoms with Gasteiger partial charge in [0.1, 0.15) is 5.82 Å². The van der Waals surface area contributed by atoms with Gasteiger partial charge in [-0.2, -0.15) is 0 Å². The molecule has 1 fully saturated rings. The van der Waals surface area contributed by atoms with E-state index in [0.717, 1.165) is 31.5 Å². The van der Waals surface area contributed by atoms with E-state index in [4.69, 9.17) is 0 Å². The van der Waals surface area contributed by atoms with E-state index < -0.39 is 0 Å². The fourth-order valence-corrected chi connectivity index (χ4v) is 4.08. The normalized spacial score (nSPS) is 20.7. The fraction of sp³-hybridized carbons (Fsp3) is 0.364. The largest absolute Gasteiger partial charge is 0.337 e. The summed E-state index contributed by atoms with van der Waals surface area (Å²) in [6.07, 6.45) is 2.44. The van der Waals surface area contributed by atoms with Crippen LogP contribution in [0.15, 0.2) is 48.5 Å². The highest BCUT2D eigenvalue weighted by Gasteiger charge is 2.31. The lowest BCUT2D eigenvalue weighted by Gasteiger charge is -2.28. The number of hydrogen-bond donors (Lipinski definition) is 1. The van der Waals surface area contributed by atoms with Gasteiger partial charge >= 0.3 is 0 Å². The first-order valence-corrected chi connectivity index (χ1v) is 9.79. The molecule has 0 saturated carbocycles.